The summed E-state index contributed by atoms with van der Waals surface area (Å²) in [5.74, 6) is 1.23. The Morgan fingerprint density at radius 2 is 1.94 bits per heavy atom. The lowest BCUT2D eigenvalue weighted by Gasteiger charge is -2.26. The number of nitrogens with one attached hydrogen (secondary N) is 2. The average Bonchev–Trinajstić information content (AvgIpc) is 2.31. The fourth-order valence-corrected chi connectivity index (χ4v) is 1.46. The number of carboxylic acids is 1. The monoisotopic (exact) mass is 240 g/mol. The third-order valence-electron chi connectivity index (χ3n) is 2.94. The van der Waals surface area contributed by atoms with Crippen molar-refractivity contribution in [1.82, 2.24) is 10.6 Å². The molecule has 1 amide bonds. The molecule has 3 N–H and O–H groups in total. The number of hydrogen-bond acceptors (Lipinski definition) is 3. The molecule has 0 saturated heterocycles. The molecule has 0 fully saturated rings. The van der Waals surface area contributed by atoms with Crippen LogP contribution >= 0.6 is 0 Å². The van der Waals surface area contributed by atoms with Gasteiger partial charge in [-0.15, -0.1) is 6.42 Å². The van der Waals surface area contributed by atoms with Gasteiger partial charge in [-0.05, 0) is 12.8 Å². The van der Waals surface area contributed by atoms with Crippen LogP contribution in [0.3, 0.4) is 0 Å². The highest BCUT2D eigenvalue weighted by Crippen LogP contribution is 2.25. The molecule has 96 valence electrons. The number of terminal acetylenes is 1. The zero-order chi connectivity index (χ0) is 13.3. The van der Waals surface area contributed by atoms with Crippen molar-refractivity contribution < 1.29 is 14.7 Å². The predicted molar refractivity (Wildman–Crippen MR) is 65.4 cm³/mol. The highest BCUT2D eigenvalue weighted by molar-refractivity contribution is 5.80. The summed E-state index contributed by atoms with van der Waals surface area (Å²) in [4.78, 5) is 22.5. The zero-order valence-corrected chi connectivity index (χ0v) is 10.4. The maximum absolute atomic E-state index is 11.4. The Hall–Kier alpha value is -1.54. The summed E-state index contributed by atoms with van der Waals surface area (Å²) in [5.41, 5.74) is -0.873. The second kappa shape index (κ2) is 7.69. The fourth-order valence-electron chi connectivity index (χ4n) is 1.46. The second-order valence-corrected chi connectivity index (χ2v) is 3.88. The molecule has 0 aliphatic rings. The van der Waals surface area contributed by atoms with Crippen molar-refractivity contribution in [3.05, 3.63) is 0 Å². The molecule has 0 spiro atoms. The lowest BCUT2D eigenvalue weighted by atomic mass is 9.82. The first-order valence-corrected chi connectivity index (χ1v) is 5.66. The Bertz CT molecular complexity index is 303. The summed E-state index contributed by atoms with van der Waals surface area (Å²) in [6, 6.07) is 0. The van der Waals surface area contributed by atoms with Gasteiger partial charge in [0.15, 0.2) is 0 Å². The normalized spacial score (nSPS) is 10.6. The summed E-state index contributed by atoms with van der Waals surface area (Å²) in [5, 5.41) is 14.5. The Labute approximate surface area is 102 Å². The highest BCUT2D eigenvalue weighted by Gasteiger charge is 2.34. The molecule has 0 aromatic heterocycles. The van der Waals surface area contributed by atoms with Gasteiger partial charge in [-0.2, -0.15) is 0 Å². The van der Waals surface area contributed by atoms with E-state index >= 15 is 0 Å². The molecule has 5 heteroatoms. The van der Waals surface area contributed by atoms with Crippen molar-refractivity contribution in [1.29, 1.82) is 0 Å². The Balaban J connectivity index is 4.19. The van der Waals surface area contributed by atoms with E-state index in [0.717, 1.165) is 0 Å². The van der Waals surface area contributed by atoms with Crippen molar-refractivity contribution in [2.24, 2.45) is 5.41 Å². The van der Waals surface area contributed by atoms with E-state index in [-0.39, 0.29) is 19.0 Å². The number of carboxylic acid groups (broad SMARTS) is 1. The van der Waals surface area contributed by atoms with E-state index in [0.29, 0.717) is 19.4 Å². The summed E-state index contributed by atoms with van der Waals surface area (Å²) >= 11 is 0. The minimum atomic E-state index is -0.876. The number of amides is 1. The predicted octanol–water partition coefficient (Wildman–Crippen LogP) is 0.216. The van der Waals surface area contributed by atoms with Crippen molar-refractivity contribution >= 4 is 11.9 Å². The Morgan fingerprint density at radius 1 is 1.35 bits per heavy atom. The minimum Gasteiger partial charge on any atom is -0.481 e. The van der Waals surface area contributed by atoms with Gasteiger partial charge in [-0.3, -0.25) is 14.9 Å². The molecule has 0 aliphatic carbocycles. The van der Waals surface area contributed by atoms with Gasteiger partial charge in [-0.25, -0.2) is 0 Å². The first kappa shape index (κ1) is 15.5. The summed E-state index contributed by atoms with van der Waals surface area (Å²) in [7, 11) is 0. The maximum Gasteiger partial charge on any atom is 0.311 e. The van der Waals surface area contributed by atoms with Gasteiger partial charge in [0, 0.05) is 6.54 Å². The van der Waals surface area contributed by atoms with Crippen molar-refractivity contribution in [2.75, 3.05) is 19.6 Å². The third kappa shape index (κ3) is 4.87. The third-order valence-corrected chi connectivity index (χ3v) is 2.94. The van der Waals surface area contributed by atoms with E-state index in [1.54, 1.807) is 13.8 Å². The summed E-state index contributed by atoms with van der Waals surface area (Å²) in [6.45, 7) is 4.18. The largest absolute Gasteiger partial charge is 0.481 e. The first-order chi connectivity index (χ1) is 8.02. The molecule has 0 rings (SSSR count). The minimum absolute atomic E-state index is 0.104. The van der Waals surface area contributed by atoms with E-state index in [4.69, 9.17) is 11.5 Å². The molecule has 0 aromatic rings. The molecule has 0 atom stereocenters. The second-order valence-electron chi connectivity index (χ2n) is 3.88. The van der Waals surface area contributed by atoms with Crippen LogP contribution in [0.25, 0.3) is 0 Å². The number of rotatable bonds is 8. The van der Waals surface area contributed by atoms with E-state index in [1.165, 1.54) is 0 Å². The SMILES string of the molecule is C#CCNCC(=O)NCC(CC)(CC)C(=O)O. The van der Waals surface area contributed by atoms with E-state index in [2.05, 4.69) is 16.6 Å². The van der Waals surface area contributed by atoms with Crippen LogP contribution in [0.15, 0.2) is 0 Å². The smallest absolute Gasteiger partial charge is 0.311 e. The van der Waals surface area contributed by atoms with E-state index < -0.39 is 11.4 Å². The van der Waals surface area contributed by atoms with Gasteiger partial charge in [0.05, 0.1) is 18.5 Å². The van der Waals surface area contributed by atoms with Crippen molar-refractivity contribution in [2.45, 2.75) is 26.7 Å². The van der Waals surface area contributed by atoms with Gasteiger partial charge in [0.1, 0.15) is 0 Å². The Morgan fingerprint density at radius 3 is 2.35 bits per heavy atom. The lowest BCUT2D eigenvalue weighted by Crippen LogP contribution is -2.44. The van der Waals surface area contributed by atoms with Crippen molar-refractivity contribution in [3.8, 4) is 12.3 Å². The summed E-state index contributed by atoms with van der Waals surface area (Å²) < 4.78 is 0. The van der Waals surface area contributed by atoms with Gasteiger partial charge in [0.2, 0.25) is 5.91 Å². The molecule has 0 radical (unpaired) electrons. The number of carbonyl (C=O) groups is 2. The summed E-state index contributed by atoms with van der Waals surface area (Å²) in [6.07, 6.45) is 5.98. The molecular weight excluding hydrogens is 220 g/mol. The van der Waals surface area contributed by atoms with Gasteiger partial charge in [0.25, 0.3) is 0 Å². The molecule has 0 aromatic carbocycles. The Kier molecular flexibility index (Phi) is 6.99. The van der Waals surface area contributed by atoms with Gasteiger partial charge in [-0.1, -0.05) is 19.8 Å². The molecule has 0 bridgehead atoms. The number of carbonyl (C=O) groups excluding carboxylic acids is 1. The van der Waals surface area contributed by atoms with Gasteiger partial charge >= 0.3 is 5.97 Å². The van der Waals surface area contributed by atoms with Crippen LogP contribution in [-0.4, -0.2) is 36.6 Å². The molecule has 0 heterocycles. The molecule has 0 saturated carbocycles. The molecular formula is C12H20N2O3. The molecule has 5 nitrogen and oxygen atoms in total. The quantitative estimate of drug-likeness (QED) is 0.419. The number of hydrogen-bond donors (Lipinski definition) is 3. The van der Waals surface area contributed by atoms with Crippen LogP contribution in [0.2, 0.25) is 0 Å². The van der Waals surface area contributed by atoms with E-state index in [1.807, 2.05) is 0 Å². The fraction of sp³-hybridized carbons (Fsp3) is 0.667. The molecule has 0 unspecified atom stereocenters. The highest BCUT2D eigenvalue weighted by atomic mass is 16.4. The average molecular weight is 240 g/mol. The number of aliphatic carboxylic acids is 1. The van der Waals surface area contributed by atoms with Crippen LogP contribution in [0, 0.1) is 17.8 Å². The lowest BCUT2D eigenvalue weighted by molar-refractivity contribution is -0.149. The van der Waals surface area contributed by atoms with Crippen LogP contribution in [0.5, 0.6) is 0 Å². The molecule has 17 heavy (non-hydrogen) atoms. The zero-order valence-electron chi connectivity index (χ0n) is 10.4. The topological polar surface area (TPSA) is 78.4 Å². The van der Waals surface area contributed by atoms with Crippen LogP contribution < -0.4 is 10.6 Å². The van der Waals surface area contributed by atoms with Gasteiger partial charge < -0.3 is 10.4 Å². The van der Waals surface area contributed by atoms with E-state index in [9.17, 15) is 9.59 Å². The van der Waals surface area contributed by atoms with Crippen LogP contribution in [0.4, 0.5) is 0 Å². The standard InChI is InChI=1S/C12H20N2O3/c1-4-7-13-8-10(15)14-9-12(5-2,6-3)11(16)17/h1,13H,5-9H2,2-3H3,(H,14,15)(H,16,17). The maximum atomic E-state index is 11.4. The van der Waals surface area contributed by atoms with Crippen LogP contribution in [0.1, 0.15) is 26.7 Å². The molecule has 0 aliphatic heterocycles. The first-order valence-electron chi connectivity index (χ1n) is 5.66. The van der Waals surface area contributed by atoms with Crippen molar-refractivity contribution in [3.63, 3.8) is 0 Å². The van der Waals surface area contributed by atoms with Crippen LogP contribution in [-0.2, 0) is 9.59 Å².